The van der Waals surface area contributed by atoms with Gasteiger partial charge in [-0.3, -0.25) is 9.78 Å². The molecule has 4 aromatic rings. The van der Waals surface area contributed by atoms with Gasteiger partial charge in [0.1, 0.15) is 11.6 Å². The number of amides is 1. The summed E-state index contributed by atoms with van der Waals surface area (Å²) in [5.74, 6) is 1.26. The molecule has 1 aliphatic heterocycles. The quantitative estimate of drug-likeness (QED) is 0.328. The summed E-state index contributed by atoms with van der Waals surface area (Å²) < 4.78 is 7.65. The number of carbonyl (C=O) groups is 1. The maximum atomic E-state index is 11.9. The van der Waals surface area contributed by atoms with Crippen LogP contribution in [0.25, 0.3) is 5.82 Å². The Morgan fingerprint density at radius 2 is 1.89 bits per heavy atom. The van der Waals surface area contributed by atoms with Crippen molar-refractivity contribution in [2.75, 3.05) is 17.3 Å². The molecule has 0 spiro atoms. The number of methoxy groups -OCH3 is 1. The third-order valence-corrected chi connectivity index (χ3v) is 7.10. The number of pyridine rings is 2. The molecule has 1 aromatic carbocycles. The lowest BCUT2D eigenvalue weighted by Gasteiger charge is -2.29. The van der Waals surface area contributed by atoms with E-state index in [1.807, 2.05) is 55.6 Å². The molecule has 8 nitrogen and oxygen atoms in total. The molecule has 1 aliphatic rings. The van der Waals surface area contributed by atoms with E-state index in [9.17, 15) is 4.79 Å². The van der Waals surface area contributed by atoms with Gasteiger partial charge in [0, 0.05) is 36.4 Å². The molecule has 0 aliphatic carbocycles. The van der Waals surface area contributed by atoms with Gasteiger partial charge in [0.2, 0.25) is 5.91 Å². The number of benzene rings is 1. The second kappa shape index (κ2) is 10.3. The number of aromatic nitrogens is 3. The first kappa shape index (κ1) is 25.4. The molecule has 1 amide bonds. The molecular weight excluding hydrogens is 496 g/mol. The van der Waals surface area contributed by atoms with E-state index in [1.165, 1.54) is 6.92 Å². The second-order valence-corrected chi connectivity index (χ2v) is 9.80. The number of thiocarbonyl (C=S) groups is 1. The maximum absolute atomic E-state index is 11.9. The largest absolute Gasteiger partial charge is 0.495 e. The zero-order valence-electron chi connectivity index (χ0n) is 22.0. The van der Waals surface area contributed by atoms with Crippen molar-refractivity contribution in [2.45, 2.75) is 39.8 Å². The van der Waals surface area contributed by atoms with Crippen LogP contribution in [0.4, 0.5) is 11.4 Å². The van der Waals surface area contributed by atoms with Crippen LogP contribution in [0.2, 0.25) is 0 Å². The van der Waals surface area contributed by atoms with Gasteiger partial charge in [-0.2, -0.15) is 0 Å². The van der Waals surface area contributed by atoms with Gasteiger partial charge < -0.3 is 24.8 Å². The summed E-state index contributed by atoms with van der Waals surface area (Å²) in [5, 5.41) is 6.95. The van der Waals surface area contributed by atoms with Crippen molar-refractivity contribution in [3.8, 4) is 11.6 Å². The number of hydrogen-bond acceptors (Lipinski definition) is 5. The average Bonchev–Trinajstić information content (AvgIpc) is 3.39. The Labute approximate surface area is 227 Å². The highest BCUT2D eigenvalue weighted by Gasteiger charge is 2.42. The van der Waals surface area contributed by atoms with Gasteiger partial charge in [0.15, 0.2) is 5.11 Å². The van der Waals surface area contributed by atoms with Gasteiger partial charge in [0.25, 0.3) is 0 Å². The number of nitrogens with one attached hydrogen (secondary N) is 2. The van der Waals surface area contributed by atoms with E-state index in [1.54, 1.807) is 13.3 Å². The minimum atomic E-state index is -0.207. The van der Waals surface area contributed by atoms with Gasteiger partial charge >= 0.3 is 0 Å². The van der Waals surface area contributed by atoms with Crippen LogP contribution >= 0.6 is 12.2 Å². The fourth-order valence-electron chi connectivity index (χ4n) is 5.11. The first-order chi connectivity index (χ1) is 18.3. The van der Waals surface area contributed by atoms with E-state index in [4.69, 9.17) is 17.0 Å². The van der Waals surface area contributed by atoms with Crippen LogP contribution in [-0.2, 0) is 4.79 Å². The van der Waals surface area contributed by atoms with Crippen LogP contribution in [0.3, 0.4) is 0 Å². The monoisotopic (exact) mass is 526 g/mol. The number of aryl methyl sites for hydroxylation is 2. The molecule has 0 radical (unpaired) electrons. The van der Waals surface area contributed by atoms with Crippen LogP contribution < -0.4 is 20.3 Å². The van der Waals surface area contributed by atoms with Gasteiger partial charge in [-0.05, 0) is 86.6 Å². The Kier molecular flexibility index (Phi) is 6.86. The fraction of sp³-hybridized carbons (Fsp3) is 0.241. The molecular formula is C29H30N6O2S. The maximum Gasteiger partial charge on any atom is 0.221 e. The van der Waals surface area contributed by atoms with E-state index < -0.39 is 0 Å². The molecule has 1 fully saturated rings. The minimum Gasteiger partial charge on any atom is -0.495 e. The standard InChI is InChI=1S/C29H30N6O2S/c1-17-9-12-26(31-16-17)34-18(2)14-22(19(34)3)28-27(23-8-6-7-13-30-23)33-29(38)35(28)21-10-11-25(37-5)24(15-21)32-20(4)36/h6-16,27-28H,1-5H3,(H,32,36)(H,33,38)/t27-,28+/m0/s1. The smallest absolute Gasteiger partial charge is 0.221 e. The van der Waals surface area contributed by atoms with E-state index in [-0.39, 0.29) is 18.0 Å². The Morgan fingerprint density at radius 3 is 2.55 bits per heavy atom. The second-order valence-electron chi connectivity index (χ2n) is 9.42. The van der Waals surface area contributed by atoms with Gasteiger partial charge in [-0.15, -0.1) is 0 Å². The van der Waals surface area contributed by atoms with Crippen LogP contribution in [0.15, 0.2) is 67.0 Å². The predicted molar refractivity (Wildman–Crippen MR) is 153 cm³/mol. The normalized spacial score (nSPS) is 16.9. The number of ether oxygens (including phenoxy) is 1. The first-order valence-electron chi connectivity index (χ1n) is 12.4. The van der Waals surface area contributed by atoms with E-state index in [2.05, 4.69) is 56.0 Å². The summed E-state index contributed by atoms with van der Waals surface area (Å²) in [7, 11) is 1.58. The van der Waals surface area contributed by atoms with Gasteiger partial charge in [0.05, 0.1) is 30.6 Å². The van der Waals surface area contributed by atoms with Crippen LogP contribution in [0, 0.1) is 20.8 Å². The lowest BCUT2D eigenvalue weighted by Crippen LogP contribution is -2.29. The SMILES string of the molecule is COc1ccc(N2C(=S)N[C@@H](c3ccccn3)[C@H]2c2cc(C)n(-c3ccc(C)cn3)c2C)cc1NC(C)=O. The highest BCUT2D eigenvalue weighted by atomic mass is 32.1. The third-order valence-electron chi connectivity index (χ3n) is 6.78. The molecule has 5 rings (SSSR count). The molecule has 2 atom stereocenters. The van der Waals surface area contributed by atoms with Crippen molar-refractivity contribution >= 4 is 34.6 Å². The lowest BCUT2D eigenvalue weighted by molar-refractivity contribution is -0.114. The zero-order valence-corrected chi connectivity index (χ0v) is 22.8. The summed E-state index contributed by atoms with van der Waals surface area (Å²) in [5.41, 5.74) is 6.64. The van der Waals surface area contributed by atoms with Crippen molar-refractivity contribution in [3.05, 3.63) is 95.2 Å². The van der Waals surface area contributed by atoms with Gasteiger partial charge in [-0.1, -0.05) is 12.1 Å². The van der Waals surface area contributed by atoms with Crippen molar-refractivity contribution in [2.24, 2.45) is 0 Å². The molecule has 4 heterocycles. The Balaban J connectivity index is 1.67. The summed E-state index contributed by atoms with van der Waals surface area (Å²) in [6.45, 7) is 7.70. The fourth-order valence-corrected chi connectivity index (χ4v) is 5.46. The van der Waals surface area contributed by atoms with Crippen molar-refractivity contribution in [1.29, 1.82) is 0 Å². The van der Waals surface area contributed by atoms with Crippen molar-refractivity contribution in [3.63, 3.8) is 0 Å². The van der Waals surface area contributed by atoms with E-state index >= 15 is 0 Å². The zero-order chi connectivity index (χ0) is 27.0. The van der Waals surface area contributed by atoms with E-state index in [0.29, 0.717) is 16.5 Å². The van der Waals surface area contributed by atoms with Crippen LogP contribution in [0.1, 0.15) is 47.2 Å². The molecule has 0 saturated carbocycles. The van der Waals surface area contributed by atoms with Crippen molar-refractivity contribution < 1.29 is 9.53 Å². The predicted octanol–water partition coefficient (Wildman–Crippen LogP) is 5.34. The lowest BCUT2D eigenvalue weighted by atomic mass is 9.96. The molecule has 1 saturated heterocycles. The summed E-state index contributed by atoms with van der Waals surface area (Å²) in [4.78, 5) is 23.3. The van der Waals surface area contributed by atoms with Crippen LogP contribution in [0.5, 0.6) is 5.75 Å². The number of carbonyl (C=O) groups excluding carboxylic acids is 1. The van der Waals surface area contributed by atoms with Gasteiger partial charge in [-0.25, -0.2) is 4.98 Å². The highest BCUT2D eigenvalue weighted by molar-refractivity contribution is 7.80. The molecule has 3 aromatic heterocycles. The molecule has 9 heteroatoms. The van der Waals surface area contributed by atoms with Crippen molar-refractivity contribution in [1.82, 2.24) is 19.9 Å². The Morgan fingerprint density at radius 1 is 1.08 bits per heavy atom. The summed E-state index contributed by atoms with van der Waals surface area (Å²) in [6.07, 6.45) is 3.67. The van der Waals surface area contributed by atoms with E-state index in [0.717, 1.165) is 39.7 Å². The summed E-state index contributed by atoms with van der Waals surface area (Å²) >= 11 is 5.91. The topological polar surface area (TPSA) is 84.3 Å². The number of anilines is 2. The first-order valence-corrected chi connectivity index (χ1v) is 12.8. The molecule has 2 N–H and O–H groups in total. The highest BCUT2D eigenvalue weighted by Crippen LogP contribution is 2.45. The average molecular weight is 527 g/mol. The molecule has 38 heavy (non-hydrogen) atoms. The van der Waals surface area contributed by atoms with Crippen LogP contribution in [-0.4, -0.2) is 32.7 Å². The molecule has 0 bridgehead atoms. The molecule has 194 valence electrons. The summed E-state index contributed by atoms with van der Waals surface area (Å²) in [6, 6.07) is 17.5. The Hall–Kier alpha value is -4.24. The number of rotatable bonds is 6. The third kappa shape index (κ3) is 4.61. The number of hydrogen-bond donors (Lipinski definition) is 2. The molecule has 0 unspecified atom stereocenters. The Bertz CT molecular complexity index is 1500. The minimum absolute atomic E-state index is 0.181. The number of nitrogens with zero attached hydrogens (tertiary/aromatic N) is 4.